The smallest absolute Gasteiger partial charge is 0.0602 e. The van der Waals surface area contributed by atoms with Gasteiger partial charge in [-0.1, -0.05) is 20.8 Å². The topological polar surface area (TPSA) is 80.6 Å². The molecule has 4 nitrogen and oxygen atoms in total. The maximum absolute atomic E-state index is 11.5. The largest absolute Gasteiger partial charge is 0.550 e. The van der Waals surface area contributed by atoms with E-state index in [9.17, 15) is 20.1 Å². The van der Waals surface area contributed by atoms with Gasteiger partial charge in [-0.3, -0.25) is 0 Å². The zero-order valence-electron chi connectivity index (χ0n) is 17.9. The molecule has 0 amide bonds. The summed E-state index contributed by atoms with van der Waals surface area (Å²) < 4.78 is 0. The van der Waals surface area contributed by atoms with Crippen LogP contribution in [0.1, 0.15) is 85.0 Å². The van der Waals surface area contributed by atoms with Gasteiger partial charge in [0, 0.05) is 5.97 Å². The minimum Gasteiger partial charge on any atom is -0.550 e. The molecule has 0 aromatic heterocycles. The molecule has 10 atom stereocenters. The number of carbonyl (C=O) groups excluding carboxylic acids is 1. The lowest BCUT2D eigenvalue weighted by molar-refractivity contribution is -0.306. The molecule has 4 aliphatic rings. The SMILES string of the molecule is C[C@H](CCC(=O)[O-])[C@H]1CC[C@H]2[C@@H]3CC[C@@H]4CC(O)CC[C@]4(C)[C@H]3C[C@H](O)[C@]12C. The highest BCUT2D eigenvalue weighted by Gasteiger charge is 2.63. The van der Waals surface area contributed by atoms with Gasteiger partial charge in [-0.25, -0.2) is 0 Å². The van der Waals surface area contributed by atoms with Gasteiger partial charge in [-0.15, -0.1) is 0 Å². The minimum atomic E-state index is -0.957. The molecule has 0 heterocycles. The van der Waals surface area contributed by atoms with Crippen molar-refractivity contribution >= 4 is 5.97 Å². The van der Waals surface area contributed by atoms with E-state index in [1.54, 1.807) is 0 Å². The van der Waals surface area contributed by atoms with Gasteiger partial charge in [0.15, 0.2) is 0 Å². The molecule has 2 N–H and O–H groups in total. The Morgan fingerprint density at radius 3 is 2.54 bits per heavy atom. The first kappa shape index (κ1) is 20.7. The molecule has 0 aliphatic heterocycles. The summed E-state index contributed by atoms with van der Waals surface area (Å²) >= 11 is 0. The number of rotatable bonds is 4. The summed E-state index contributed by atoms with van der Waals surface area (Å²) in [6.45, 7) is 6.94. The highest BCUT2D eigenvalue weighted by Crippen LogP contribution is 2.68. The van der Waals surface area contributed by atoms with Gasteiger partial charge < -0.3 is 20.1 Å². The third-order valence-electron chi connectivity index (χ3n) is 10.3. The molecule has 1 unspecified atom stereocenters. The maximum atomic E-state index is 11.5. The fourth-order valence-electron chi connectivity index (χ4n) is 8.71. The molecule has 28 heavy (non-hydrogen) atoms. The molecule has 0 spiro atoms. The van der Waals surface area contributed by atoms with Crippen LogP contribution in [0.15, 0.2) is 0 Å². The van der Waals surface area contributed by atoms with Crippen LogP contribution in [-0.2, 0) is 4.79 Å². The molecule has 4 saturated carbocycles. The zero-order chi connectivity index (χ0) is 20.3. The lowest BCUT2D eigenvalue weighted by atomic mass is 9.43. The van der Waals surface area contributed by atoms with E-state index in [1.165, 1.54) is 19.3 Å². The first-order chi connectivity index (χ1) is 13.2. The second-order valence-corrected chi connectivity index (χ2v) is 11.3. The van der Waals surface area contributed by atoms with Crippen LogP contribution >= 0.6 is 0 Å². The Morgan fingerprint density at radius 2 is 1.82 bits per heavy atom. The van der Waals surface area contributed by atoms with Crippen molar-refractivity contribution in [1.82, 2.24) is 0 Å². The summed E-state index contributed by atoms with van der Waals surface area (Å²) in [4.78, 5) is 10.9. The Balaban J connectivity index is 1.56. The van der Waals surface area contributed by atoms with Crippen molar-refractivity contribution in [3.63, 3.8) is 0 Å². The van der Waals surface area contributed by atoms with Crippen molar-refractivity contribution in [3.05, 3.63) is 0 Å². The van der Waals surface area contributed by atoms with E-state index in [-0.39, 0.29) is 29.5 Å². The Kier molecular flexibility index (Phi) is 5.36. The molecule has 0 aromatic carbocycles. The number of carboxylic acid groups (broad SMARTS) is 1. The lowest BCUT2D eigenvalue weighted by Gasteiger charge is -2.62. The van der Waals surface area contributed by atoms with Crippen molar-refractivity contribution in [2.45, 2.75) is 97.2 Å². The Hall–Kier alpha value is -0.610. The van der Waals surface area contributed by atoms with E-state index in [0.29, 0.717) is 41.9 Å². The summed E-state index contributed by atoms with van der Waals surface area (Å²) in [5, 5.41) is 32.6. The predicted molar refractivity (Wildman–Crippen MR) is 106 cm³/mol. The molecular formula is C24H39O4-. The summed E-state index contributed by atoms with van der Waals surface area (Å²) in [5.41, 5.74) is 0.188. The first-order valence-corrected chi connectivity index (χ1v) is 11.7. The molecule has 4 fully saturated rings. The number of carbonyl (C=O) groups is 1. The molecule has 0 saturated heterocycles. The number of aliphatic carboxylic acids is 1. The van der Waals surface area contributed by atoms with Gasteiger partial charge in [-0.2, -0.15) is 0 Å². The monoisotopic (exact) mass is 391 g/mol. The molecule has 0 radical (unpaired) electrons. The van der Waals surface area contributed by atoms with Crippen LogP contribution in [0, 0.1) is 46.3 Å². The minimum absolute atomic E-state index is 0.0795. The molecular weight excluding hydrogens is 352 g/mol. The Morgan fingerprint density at radius 1 is 1.07 bits per heavy atom. The third-order valence-corrected chi connectivity index (χ3v) is 10.3. The van der Waals surface area contributed by atoms with Crippen LogP contribution in [0.3, 0.4) is 0 Å². The van der Waals surface area contributed by atoms with E-state index in [2.05, 4.69) is 20.8 Å². The average Bonchev–Trinajstić information content (AvgIpc) is 3.00. The molecule has 4 heteroatoms. The number of aliphatic hydroxyl groups is 2. The van der Waals surface area contributed by atoms with Crippen LogP contribution in [0.2, 0.25) is 0 Å². The van der Waals surface area contributed by atoms with Gasteiger partial charge in [0.05, 0.1) is 12.2 Å². The number of hydrogen-bond acceptors (Lipinski definition) is 4. The normalized spacial score (nSPS) is 51.7. The predicted octanol–water partition coefficient (Wildman–Crippen LogP) is 3.14. The molecule has 0 bridgehead atoms. The Labute approximate surface area is 170 Å². The second-order valence-electron chi connectivity index (χ2n) is 11.3. The van der Waals surface area contributed by atoms with E-state index in [0.717, 1.165) is 32.1 Å². The number of fused-ring (bicyclic) bond motifs is 5. The van der Waals surface area contributed by atoms with E-state index >= 15 is 0 Å². The van der Waals surface area contributed by atoms with Gasteiger partial charge in [-0.05, 0) is 111 Å². The third kappa shape index (κ3) is 3.05. The van der Waals surface area contributed by atoms with E-state index in [1.807, 2.05) is 0 Å². The Bertz CT molecular complexity index is 605. The second kappa shape index (κ2) is 7.27. The highest BCUT2D eigenvalue weighted by atomic mass is 16.4. The van der Waals surface area contributed by atoms with Crippen molar-refractivity contribution in [2.75, 3.05) is 0 Å². The van der Waals surface area contributed by atoms with Crippen LogP contribution in [0.4, 0.5) is 0 Å². The van der Waals surface area contributed by atoms with E-state index in [4.69, 9.17) is 0 Å². The fraction of sp³-hybridized carbons (Fsp3) is 0.958. The summed E-state index contributed by atoms with van der Waals surface area (Å²) in [6.07, 6.45) is 8.98. The standard InChI is InChI=1S/C24H40O4/c1-14(4-9-22(27)28)18-7-8-19-17-6-5-15-12-16(25)10-11-23(15,2)20(17)13-21(26)24(18,19)3/h14-21,25-26H,4-13H2,1-3H3,(H,27,28)/p-1/t14-,15-,16?,17+,18-,19+,20+,21+,23+,24-/m1/s1. The maximum Gasteiger partial charge on any atom is 0.0602 e. The van der Waals surface area contributed by atoms with Crippen LogP contribution in [0.25, 0.3) is 0 Å². The first-order valence-electron chi connectivity index (χ1n) is 11.7. The quantitative estimate of drug-likeness (QED) is 0.771. The molecule has 4 aliphatic carbocycles. The van der Waals surface area contributed by atoms with E-state index < -0.39 is 5.97 Å². The van der Waals surface area contributed by atoms with Gasteiger partial charge >= 0.3 is 0 Å². The highest BCUT2D eigenvalue weighted by molar-refractivity contribution is 5.64. The summed E-state index contributed by atoms with van der Waals surface area (Å²) in [6, 6.07) is 0. The molecule has 0 aromatic rings. The van der Waals surface area contributed by atoms with Gasteiger partial charge in [0.1, 0.15) is 0 Å². The average molecular weight is 392 g/mol. The number of aliphatic hydroxyl groups excluding tert-OH is 2. The molecule has 4 rings (SSSR count). The van der Waals surface area contributed by atoms with Crippen molar-refractivity contribution in [1.29, 1.82) is 0 Å². The molecule has 160 valence electrons. The van der Waals surface area contributed by atoms with Crippen LogP contribution < -0.4 is 5.11 Å². The van der Waals surface area contributed by atoms with Crippen molar-refractivity contribution < 1.29 is 20.1 Å². The summed E-state index contributed by atoms with van der Waals surface area (Å²) in [7, 11) is 0. The van der Waals surface area contributed by atoms with Gasteiger partial charge in [0.25, 0.3) is 0 Å². The van der Waals surface area contributed by atoms with Crippen LogP contribution in [-0.4, -0.2) is 28.4 Å². The van der Waals surface area contributed by atoms with Crippen molar-refractivity contribution in [3.8, 4) is 0 Å². The van der Waals surface area contributed by atoms with Crippen molar-refractivity contribution in [2.24, 2.45) is 46.3 Å². The van der Waals surface area contributed by atoms with Gasteiger partial charge in [0.2, 0.25) is 0 Å². The number of hydrogen-bond donors (Lipinski definition) is 2. The lowest BCUT2D eigenvalue weighted by Crippen LogP contribution is -2.58. The number of carboxylic acids is 1. The fourth-order valence-corrected chi connectivity index (χ4v) is 8.71. The zero-order valence-corrected chi connectivity index (χ0v) is 17.9. The van der Waals surface area contributed by atoms with Crippen LogP contribution in [0.5, 0.6) is 0 Å². The summed E-state index contributed by atoms with van der Waals surface area (Å²) in [5.74, 6) is 2.19.